The number of likely N-dealkylation sites (tertiary alicyclic amines) is 1. The van der Waals surface area contributed by atoms with Crippen LogP contribution >= 0.6 is 0 Å². The van der Waals surface area contributed by atoms with Gasteiger partial charge in [0.25, 0.3) is 5.91 Å². The van der Waals surface area contributed by atoms with E-state index in [4.69, 9.17) is 0 Å². The first-order valence-electron chi connectivity index (χ1n) is 7.07. The topological polar surface area (TPSA) is 50.2 Å². The van der Waals surface area contributed by atoms with Crippen molar-refractivity contribution < 1.29 is 4.79 Å². The molecule has 1 amide bonds. The normalized spacial score (nSPS) is 17.6. The van der Waals surface area contributed by atoms with E-state index in [2.05, 4.69) is 22.2 Å². The van der Waals surface area contributed by atoms with Crippen molar-refractivity contribution in [1.29, 1.82) is 0 Å². The second kappa shape index (κ2) is 6.19. The van der Waals surface area contributed by atoms with Crippen molar-refractivity contribution in [2.75, 3.05) is 26.2 Å². The number of nitrogens with one attached hydrogen (secondary N) is 1. The van der Waals surface area contributed by atoms with E-state index < -0.39 is 0 Å². The maximum Gasteiger partial charge on any atom is 0.269 e. The van der Waals surface area contributed by atoms with E-state index in [1.54, 1.807) is 11.7 Å². The molecule has 0 aromatic carbocycles. The van der Waals surface area contributed by atoms with Crippen LogP contribution in [0, 0.1) is 12.8 Å². The summed E-state index contributed by atoms with van der Waals surface area (Å²) in [6.07, 6.45) is 2.55. The van der Waals surface area contributed by atoms with Crippen molar-refractivity contribution in [1.82, 2.24) is 20.0 Å². The fraction of sp³-hybridized carbons (Fsp3) is 0.714. The van der Waals surface area contributed by atoms with Crippen molar-refractivity contribution in [2.45, 2.75) is 26.7 Å². The van der Waals surface area contributed by atoms with Gasteiger partial charge in [-0.3, -0.25) is 9.48 Å². The van der Waals surface area contributed by atoms with Gasteiger partial charge in [0.1, 0.15) is 5.69 Å². The van der Waals surface area contributed by atoms with Crippen LogP contribution in [0.3, 0.4) is 0 Å². The highest BCUT2D eigenvalue weighted by Gasteiger charge is 2.16. The summed E-state index contributed by atoms with van der Waals surface area (Å²) >= 11 is 0. The van der Waals surface area contributed by atoms with Gasteiger partial charge in [-0.1, -0.05) is 6.92 Å². The Hall–Kier alpha value is -1.36. The number of carbonyl (C=O) groups excluding carboxylic acids is 1. The molecular formula is C14H24N4O. The van der Waals surface area contributed by atoms with Crippen LogP contribution in [0.2, 0.25) is 0 Å². The number of nitrogens with zero attached hydrogens (tertiary/aromatic N) is 3. The Morgan fingerprint density at radius 3 is 2.74 bits per heavy atom. The van der Waals surface area contributed by atoms with Crippen molar-refractivity contribution in [3.05, 3.63) is 17.5 Å². The number of hydrogen-bond acceptors (Lipinski definition) is 3. The second-order valence-corrected chi connectivity index (χ2v) is 5.57. The molecule has 2 heterocycles. The minimum absolute atomic E-state index is 0.0338. The Labute approximate surface area is 115 Å². The molecule has 106 valence electrons. The molecule has 1 aliphatic heterocycles. The molecule has 1 aromatic rings. The molecule has 1 aliphatic rings. The van der Waals surface area contributed by atoms with Gasteiger partial charge in [-0.25, -0.2) is 0 Å². The van der Waals surface area contributed by atoms with Crippen LogP contribution in [0.5, 0.6) is 0 Å². The van der Waals surface area contributed by atoms with Gasteiger partial charge in [-0.2, -0.15) is 5.10 Å². The average Bonchev–Trinajstić information content (AvgIpc) is 2.71. The summed E-state index contributed by atoms with van der Waals surface area (Å²) in [5.74, 6) is 0.816. The molecule has 1 fully saturated rings. The summed E-state index contributed by atoms with van der Waals surface area (Å²) in [6.45, 7) is 8.16. The Morgan fingerprint density at radius 2 is 2.16 bits per heavy atom. The summed E-state index contributed by atoms with van der Waals surface area (Å²) in [6, 6.07) is 1.82. The number of amides is 1. The van der Waals surface area contributed by atoms with Gasteiger partial charge < -0.3 is 10.2 Å². The van der Waals surface area contributed by atoms with Gasteiger partial charge in [0.05, 0.1) is 5.69 Å². The predicted octanol–water partition coefficient (Wildman–Crippen LogP) is 1.19. The zero-order chi connectivity index (χ0) is 13.8. The van der Waals surface area contributed by atoms with E-state index >= 15 is 0 Å². The third-order valence-electron chi connectivity index (χ3n) is 3.82. The number of aryl methyl sites for hydroxylation is 2. The summed E-state index contributed by atoms with van der Waals surface area (Å²) in [5.41, 5.74) is 1.50. The first-order chi connectivity index (χ1) is 9.06. The largest absolute Gasteiger partial charge is 0.349 e. The summed E-state index contributed by atoms with van der Waals surface area (Å²) in [7, 11) is 1.80. The van der Waals surface area contributed by atoms with Crippen molar-refractivity contribution in [3.63, 3.8) is 0 Å². The van der Waals surface area contributed by atoms with Gasteiger partial charge in [-0.15, -0.1) is 0 Å². The first-order valence-corrected chi connectivity index (χ1v) is 7.07. The highest BCUT2D eigenvalue weighted by Crippen LogP contribution is 2.15. The van der Waals surface area contributed by atoms with Gasteiger partial charge in [0.2, 0.25) is 0 Å². The van der Waals surface area contributed by atoms with Crippen molar-refractivity contribution in [2.24, 2.45) is 13.0 Å². The molecule has 0 saturated carbocycles. The van der Waals surface area contributed by atoms with E-state index in [0.717, 1.165) is 31.2 Å². The summed E-state index contributed by atoms with van der Waals surface area (Å²) < 4.78 is 1.63. The third kappa shape index (κ3) is 3.80. The molecule has 5 nitrogen and oxygen atoms in total. The van der Waals surface area contributed by atoms with Gasteiger partial charge >= 0.3 is 0 Å². The molecule has 0 unspecified atom stereocenters. The van der Waals surface area contributed by atoms with Gasteiger partial charge in [0.15, 0.2) is 0 Å². The molecular weight excluding hydrogens is 240 g/mol. The minimum Gasteiger partial charge on any atom is -0.349 e. The molecule has 0 spiro atoms. The van der Waals surface area contributed by atoms with Gasteiger partial charge in [0, 0.05) is 20.1 Å². The van der Waals surface area contributed by atoms with Crippen LogP contribution in [0.25, 0.3) is 0 Å². The summed E-state index contributed by atoms with van der Waals surface area (Å²) in [5, 5.41) is 7.15. The van der Waals surface area contributed by atoms with Crippen molar-refractivity contribution >= 4 is 5.91 Å². The predicted molar refractivity (Wildman–Crippen MR) is 75.1 cm³/mol. The zero-order valence-corrected chi connectivity index (χ0v) is 12.1. The van der Waals surface area contributed by atoms with Crippen LogP contribution in [0.15, 0.2) is 6.07 Å². The van der Waals surface area contributed by atoms with E-state index in [-0.39, 0.29) is 5.91 Å². The molecule has 0 bridgehead atoms. The fourth-order valence-electron chi connectivity index (χ4n) is 2.53. The van der Waals surface area contributed by atoms with Crippen molar-refractivity contribution in [3.8, 4) is 0 Å². The molecule has 1 saturated heterocycles. The lowest BCUT2D eigenvalue weighted by Gasteiger charge is -2.30. The lowest BCUT2D eigenvalue weighted by Crippen LogP contribution is -2.39. The highest BCUT2D eigenvalue weighted by atomic mass is 16.2. The number of piperidine rings is 1. The third-order valence-corrected chi connectivity index (χ3v) is 3.82. The zero-order valence-electron chi connectivity index (χ0n) is 12.1. The van der Waals surface area contributed by atoms with E-state index in [0.29, 0.717) is 12.2 Å². The molecule has 0 radical (unpaired) electrons. The maximum atomic E-state index is 12.0. The Balaban J connectivity index is 1.74. The molecule has 5 heteroatoms. The van der Waals surface area contributed by atoms with E-state index in [1.807, 2.05) is 13.0 Å². The van der Waals surface area contributed by atoms with Crippen LogP contribution < -0.4 is 5.32 Å². The molecule has 1 N–H and O–H groups in total. The Bertz CT molecular complexity index is 433. The van der Waals surface area contributed by atoms with Crippen LogP contribution in [-0.4, -0.2) is 46.8 Å². The minimum atomic E-state index is -0.0338. The molecule has 1 aromatic heterocycles. The average molecular weight is 264 g/mol. The van der Waals surface area contributed by atoms with Crippen LogP contribution in [-0.2, 0) is 7.05 Å². The first kappa shape index (κ1) is 14.1. The van der Waals surface area contributed by atoms with E-state index in [1.165, 1.54) is 12.8 Å². The second-order valence-electron chi connectivity index (χ2n) is 5.57. The number of aromatic nitrogens is 2. The number of carbonyl (C=O) groups is 1. The molecule has 2 rings (SSSR count). The summed E-state index contributed by atoms with van der Waals surface area (Å²) in [4.78, 5) is 14.4. The molecule has 0 atom stereocenters. The smallest absolute Gasteiger partial charge is 0.269 e. The number of hydrogen-bond donors (Lipinski definition) is 1. The van der Waals surface area contributed by atoms with Crippen LogP contribution in [0.1, 0.15) is 35.9 Å². The quantitative estimate of drug-likeness (QED) is 0.888. The maximum absolute atomic E-state index is 12.0. The lowest BCUT2D eigenvalue weighted by molar-refractivity contribution is 0.0935. The molecule has 0 aliphatic carbocycles. The SMILES string of the molecule is Cc1cc(C(=O)NCCN2CCC(C)CC2)n(C)n1. The fourth-order valence-corrected chi connectivity index (χ4v) is 2.53. The monoisotopic (exact) mass is 264 g/mol. The molecule has 19 heavy (non-hydrogen) atoms. The highest BCUT2D eigenvalue weighted by molar-refractivity contribution is 5.92. The standard InChI is InChI=1S/C14H24N4O/c1-11-4-7-18(8-5-11)9-6-15-14(19)13-10-12(2)16-17(13)3/h10-11H,4-9H2,1-3H3,(H,15,19). The van der Waals surface area contributed by atoms with Gasteiger partial charge in [-0.05, 0) is 44.8 Å². The number of rotatable bonds is 4. The Morgan fingerprint density at radius 1 is 1.47 bits per heavy atom. The lowest BCUT2D eigenvalue weighted by atomic mass is 9.99. The van der Waals surface area contributed by atoms with Crippen LogP contribution in [0.4, 0.5) is 0 Å². The van der Waals surface area contributed by atoms with E-state index in [9.17, 15) is 4.79 Å². The Kier molecular flexibility index (Phi) is 4.58.